The van der Waals surface area contributed by atoms with Crippen LogP contribution in [0.2, 0.25) is 0 Å². The molecule has 0 aliphatic rings. The van der Waals surface area contributed by atoms with E-state index in [2.05, 4.69) is 4.31 Å². The fourth-order valence-electron chi connectivity index (χ4n) is 0.122. The maximum absolute atomic E-state index is 9.32. The monoisotopic (exact) mass is 267 g/mol. The molecule has 0 aromatic carbocycles. The van der Waals surface area contributed by atoms with Crippen LogP contribution in [0.1, 0.15) is 0 Å². The molecule has 0 atom stereocenters. The SMILES string of the molecule is O=P([O-])([O-])OP(=O)([O-])[O-].[Mg+2].[Na+].[Na+].[Na+]. The molecule has 0 saturated carbocycles. The molecule has 0 heterocycles. The van der Waals surface area contributed by atoms with E-state index in [1.807, 2.05) is 0 Å². The molecule has 0 spiro atoms. The van der Waals surface area contributed by atoms with Crippen LogP contribution in [0.15, 0.2) is 0 Å². The first-order valence-corrected chi connectivity index (χ1v) is 4.38. The fourth-order valence-corrected chi connectivity index (χ4v) is 1.10. The van der Waals surface area contributed by atoms with Gasteiger partial charge in [-0.3, -0.25) is 0 Å². The first-order valence-electron chi connectivity index (χ1n) is 1.46. The van der Waals surface area contributed by atoms with Crippen molar-refractivity contribution < 1.29 is 122 Å². The molecule has 0 saturated heterocycles. The molecule has 0 bridgehead atoms. The minimum atomic E-state index is -5.68. The fraction of sp³-hybridized carbons (Fsp3) is 0. The Morgan fingerprint density at radius 3 is 0.923 bits per heavy atom. The van der Waals surface area contributed by atoms with E-state index >= 15 is 0 Å². The largest absolute Gasteiger partial charge is 2.00 e. The van der Waals surface area contributed by atoms with Gasteiger partial charge in [0.05, 0.1) is 15.6 Å². The number of hydrogen-bond acceptors (Lipinski definition) is 7. The number of hydrogen-bond donors (Lipinski definition) is 0. The predicted molar refractivity (Wildman–Crippen MR) is 22.1 cm³/mol. The van der Waals surface area contributed by atoms with Gasteiger partial charge in [-0.1, -0.05) is 0 Å². The topological polar surface area (TPSA) is 136 Å². The second-order valence-electron chi connectivity index (χ2n) is 0.976. The number of phosphoric acid groups is 2. The van der Waals surface area contributed by atoms with Crippen molar-refractivity contribution >= 4 is 38.7 Å². The molecular weight excluding hydrogens is 267 g/mol. The zero-order valence-corrected chi connectivity index (χ0v) is 16.7. The van der Waals surface area contributed by atoms with Crippen LogP contribution < -0.4 is 108 Å². The van der Waals surface area contributed by atoms with Crippen LogP contribution in [0.25, 0.3) is 0 Å². The summed E-state index contributed by atoms with van der Waals surface area (Å²) in [4.78, 5) is 37.3. The second-order valence-corrected chi connectivity index (χ2v) is 3.42. The zero-order valence-electron chi connectivity index (χ0n) is 7.46. The van der Waals surface area contributed by atoms with Crippen LogP contribution in [0, 0.1) is 0 Å². The Hall–Kier alpha value is 4.03. The first-order chi connectivity index (χ1) is 3.71. The van der Waals surface area contributed by atoms with Crippen molar-refractivity contribution in [1.82, 2.24) is 0 Å². The average Bonchev–Trinajstić information content (AvgIpc) is 1.14. The third kappa shape index (κ3) is 31.4. The quantitative estimate of drug-likeness (QED) is 0.358. The van der Waals surface area contributed by atoms with Gasteiger partial charge in [-0.2, -0.15) is 0 Å². The third-order valence-electron chi connectivity index (χ3n) is 0.200. The summed E-state index contributed by atoms with van der Waals surface area (Å²) in [5.74, 6) is 0. The van der Waals surface area contributed by atoms with Gasteiger partial charge in [0.2, 0.25) is 0 Å². The summed E-state index contributed by atoms with van der Waals surface area (Å²) < 4.78 is 21.2. The molecule has 7 nitrogen and oxygen atoms in total. The molecule has 0 fully saturated rings. The van der Waals surface area contributed by atoms with Gasteiger partial charge in [-0.15, -0.1) is 0 Å². The Bertz CT molecular complexity index is 162. The van der Waals surface area contributed by atoms with Crippen molar-refractivity contribution in [2.75, 3.05) is 0 Å². The molecule has 0 aromatic heterocycles. The Kier molecular flexibility index (Phi) is 29.0. The van der Waals surface area contributed by atoms with Crippen molar-refractivity contribution in [2.24, 2.45) is 0 Å². The van der Waals surface area contributed by atoms with Crippen molar-refractivity contribution in [3.8, 4) is 0 Å². The predicted octanol–water partition coefficient (Wildman–Crippen LogP) is -12.7. The van der Waals surface area contributed by atoms with Crippen molar-refractivity contribution in [3.63, 3.8) is 0 Å². The van der Waals surface area contributed by atoms with Crippen LogP contribution in [-0.2, 0) is 13.4 Å². The van der Waals surface area contributed by atoms with Gasteiger partial charge >= 0.3 is 112 Å². The van der Waals surface area contributed by atoms with Gasteiger partial charge in [-0.05, 0) is 0 Å². The van der Waals surface area contributed by atoms with Crippen LogP contribution in [0.3, 0.4) is 0 Å². The molecule has 0 unspecified atom stereocenters. The number of rotatable bonds is 2. The Labute approximate surface area is 157 Å². The molecule has 0 amide bonds. The van der Waals surface area contributed by atoms with Gasteiger partial charge in [0.25, 0.3) is 0 Å². The maximum Gasteiger partial charge on any atom is 2.00 e. The van der Waals surface area contributed by atoms with E-state index < -0.39 is 15.6 Å². The van der Waals surface area contributed by atoms with Crippen LogP contribution >= 0.6 is 15.6 Å². The summed E-state index contributed by atoms with van der Waals surface area (Å²) in [6.45, 7) is 0. The van der Waals surface area contributed by atoms with E-state index in [4.69, 9.17) is 0 Å². The minimum Gasteiger partial charge on any atom is -0.790 e. The molecular formula is MgNa3O7P2+. The van der Waals surface area contributed by atoms with Crippen molar-refractivity contribution in [2.45, 2.75) is 0 Å². The summed E-state index contributed by atoms with van der Waals surface area (Å²) in [7, 11) is -11.4. The van der Waals surface area contributed by atoms with E-state index in [0.29, 0.717) is 0 Å². The van der Waals surface area contributed by atoms with Gasteiger partial charge in [-0.25, -0.2) is 0 Å². The van der Waals surface area contributed by atoms with E-state index in [9.17, 15) is 28.7 Å². The molecule has 0 rings (SSSR count). The molecule has 56 valence electrons. The zero-order chi connectivity index (χ0) is 7.71. The van der Waals surface area contributed by atoms with E-state index in [0.717, 1.165) is 0 Å². The summed E-state index contributed by atoms with van der Waals surface area (Å²) >= 11 is 0. The summed E-state index contributed by atoms with van der Waals surface area (Å²) in [6, 6.07) is 0. The molecule has 13 heteroatoms. The van der Waals surface area contributed by atoms with Gasteiger partial charge in [0.15, 0.2) is 0 Å². The van der Waals surface area contributed by atoms with E-state index in [1.54, 1.807) is 0 Å². The van der Waals surface area contributed by atoms with Crippen LogP contribution in [0.5, 0.6) is 0 Å². The second kappa shape index (κ2) is 12.5. The molecule has 0 N–H and O–H groups in total. The first kappa shape index (κ1) is 30.2. The van der Waals surface area contributed by atoms with Crippen LogP contribution in [-0.4, -0.2) is 23.1 Å². The molecule has 13 heavy (non-hydrogen) atoms. The average molecular weight is 267 g/mol. The molecule has 0 radical (unpaired) electrons. The van der Waals surface area contributed by atoms with Gasteiger partial charge < -0.3 is 33.0 Å². The minimum absolute atomic E-state index is 0. The normalized spacial score (nSPS) is 9.54. The van der Waals surface area contributed by atoms with Gasteiger partial charge in [0, 0.05) is 0 Å². The Morgan fingerprint density at radius 1 is 0.769 bits per heavy atom. The standard InChI is InChI=1S/Mg.3Na.H4O7P2/c;;;;1-8(2,3)7-9(4,5)6/h;;;;(H2,1,2,3)(H2,4,5,6)/q+2;3*+1;/p-4. The molecule has 0 aliphatic carbocycles. The summed E-state index contributed by atoms with van der Waals surface area (Å²) in [5.41, 5.74) is 0. The molecule has 0 aliphatic heterocycles. The van der Waals surface area contributed by atoms with E-state index in [-0.39, 0.29) is 112 Å². The van der Waals surface area contributed by atoms with Crippen molar-refractivity contribution in [3.05, 3.63) is 0 Å². The summed E-state index contributed by atoms with van der Waals surface area (Å²) in [6.07, 6.45) is 0. The Balaban J connectivity index is -0.0000000533. The van der Waals surface area contributed by atoms with Gasteiger partial charge in [0.1, 0.15) is 0 Å². The summed E-state index contributed by atoms with van der Waals surface area (Å²) in [5, 5.41) is 0. The smallest absolute Gasteiger partial charge is 0.790 e. The van der Waals surface area contributed by atoms with E-state index in [1.165, 1.54) is 0 Å². The maximum atomic E-state index is 9.32. The third-order valence-corrected chi connectivity index (χ3v) is 1.80. The van der Waals surface area contributed by atoms with Crippen molar-refractivity contribution in [1.29, 1.82) is 0 Å². The van der Waals surface area contributed by atoms with Crippen LogP contribution in [0.4, 0.5) is 0 Å². The Morgan fingerprint density at radius 2 is 0.923 bits per heavy atom. The molecule has 0 aromatic rings.